The molecule has 0 saturated carbocycles. The van der Waals surface area contributed by atoms with Gasteiger partial charge in [-0.05, 0) is 55.0 Å². The number of halogens is 2. The monoisotopic (exact) mass is 388 g/mol. The zero-order chi connectivity index (χ0) is 19.1. The summed E-state index contributed by atoms with van der Waals surface area (Å²) < 4.78 is 5.06. The van der Waals surface area contributed by atoms with E-state index in [2.05, 4.69) is 5.32 Å². The SMILES string of the molecule is C[C@@H](OC(=O)/C=C/c1ccc(Cl)c(Cl)c1)C(=O)Nc1ccc(C#N)cc1. The smallest absolute Gasteiger partial charge is 0.331 e. The van der Waals surface area contributed by atoms with Crippen LogP contribution in [0.15, 0.2) is 48.5 Å². The van der Waals surface area contributed by atoms with Gasteiger partial charge in [0.15, 0.2) is 6.10 Å². The van der Waals surface area contributed by atoms with Crippen LogP contribution in [0, 0.1) is 11.3 Å². The number of nitriles is 1. The number of carbonyl (C=O) groups is 2. The Balaban J connectivity index is 1.90. The Bertz CT molecular complexity index is 887. The second-order valence-electron chi connectivity index (χ2n) is 5.26. The van der Waals surface area contributed by atoms with E-state index in [1.807, 2.05) is 6.07 Å². The van der Waals surface area contributed by atoms with Crippen LogP contribution in [0.25, 0.3) is 6.08 Å². The maximum Gasteiger partial charge on any atom is 0.331 e. The van der Waals surface area contributed by atoms with Crippen LogP contribution < -0.4 is 5.32 Å². The summed E-state index contributed by atoms with van der Waals surface area (Å²) in [4.78, 5) is 23.9. The topological polar surface area (TPSA) is 79.2 Å². The zero-order valence-electron chi connectivity index (χ0n) is 13.7. The van der Waals surface area contributed by atoms with Crippen LogP contribution in [0.3, 0.4) is 0 Å². The van der Waals surface area contributed by atoms with Gasteiger partial charge in [0.25, 0.3) is 5.91 Å². The third-order valence-corrected chi connectivity index (χ3v) is 4.04. The van der Waals surface area contributed by atoms with E-state index in [-0.39, 0.29) is 0 Å². The van der Waals surface area contributed by atoms with Crippen LogP contribution in [0.1, 0.15) is 18.1 Å². The van der Waals surface area contributed by atoms with Crippen molar-refractivity contribution in [3.05, 3.63) is 69.7 Å². The van der Waals surface area contributed by atoms with Crippen molar-refractivity contribution in [2.45, 2.75) is 13.0 Å². The molecule has 0 fully saturated rings. The Morgan fingerprint density at radius 1 is 1.15 bits per heavy atom. The number of anilines is 1. The number of nitrogens with one attached hydrogen (secondary N) is 1. The molecule has 0 heterocycles. The molecule has 0 aliphatic heterocycles. The van der Waals surface area contributed by atoms with Crippen molar-refractivity contribution < 1.29 is 14.3 Å². The number of rotatable bonds is 5. The summed E-state index contributed by atoms with van der Waals surface area (Å²) in [5, 5.41) is 12.1. The summed E-state index contributed by atoms with van der Waals surface area (Å²) in [6.45, 7) is 1.46. The first kappa shape index (κ1) is 19.5. The average Bonchev–Trinajstić information content (AvgIpc) is 2.63. The number of carbonyl (C=O) groups excluding carboxylic acids is 2. The van der Waals surface area contributed by atoms with Crippen LogP contribution in [0.2, 0.25) is 10.0 Å². The molecule has 132 valence electrons. The number of hydrogen-bond acceptors (Lipinski definition) is 4. The van der Waals surface area contributed by atoms with Crippen molar-refractivity contribution in [1.29, 1.82) is 5.26 Å². The highest BCUT2D eigenvalue weighted by Crippen LogP contribution is 2.23. The molecular formula is C19H14Cl2N2O3. The molecule has 0 aliphatic carbocycles. The molecule has 2 aromatic carbocycles. The first-order valence-corrected chi connectivity index (χ1v) is 8.29. The maximum absolute atomic E-state index is 12.0. The van der Waals surface area contributed by atoms with E-state index in [1.54, 1.807) is 42.5 Å². The Morgan fingerprint density at radius 3 is 2.46 bits per heavy atom. The molecule has 0 spiro atoms. The van der Waals surface area contributed by atoms with Crippen molar-refractivity contribution in [2.75, 3.05) is 5.32 Å². The van der Waals surface area contributed by atoms with E-state index in [0.717, 1.165) is 0 Å². The largest absolute Gasteiger partial charge is 0.449 e. The lowest BCUT2D eigenvalue weighted by Crippen LogP contribution is -2.29. The normalized spacial score (nSPS) is 11.6. The highest BCUT2D eigenvalue weighted by Gasteiger charge is 2.16. The summed E-state index contributed by atoms with van der Waals surface area (Å²) in [5.41, 5.74) is 1.66. The lowest BCUT2D eigenvalue weighted by Gasteiger charge is -2.12. The Kier molecular flexibility index (Phi) is 6.79. The molecular weight excluding hydrogens is 375 g/mol. The molecule has 0 radical (unpaired) electrons. The fourth-order valence-electron chi connectivity index (χ4n) is 1.92. The predicted octanol–water partition coefficient (Wildman–Crippen LogP) is 4.45. The molecule has 1 atom stereocenters. The van der Waals surface area contributed by atoms with Crippen LogP contribution in [-0.4, -0.2) is 18.0 Å². The van der Waals surface area contributed by atoms with E-state index < -0.39 is 18.0 Å². The number of nitrogens with zero attached hydrogens (tertiary/aromatic N) is 1. The maximum atomic E-state index is 12.0. The summed E-state index contributed by atoms with van der Waals surface area (Å²) in [6.07, 6.45) is 1.72. The van der Waals surface area contributed by atoms with E-state index >= 15 is 0 Å². The molecule has 2 aromatic rings. The van der Waals surface area contributed by atoms with Gasteiger partial charge in [-0.2, -0.15) is 5.26 Å². The lowest BCUT2D eigenvalue weighted by atomic mass is 10.2. The molecule has 26 heavy (non-hydrogen) atoms. The molecule has 1 amide bonds. The number of hydrogen-bond donors (Lipinski definition) is 1. The summed E-state index contributed by atoms with van der Waals surface area (Å²) in [5.74, 6) is -1.15. The quantitative estimate of drug-likeness (QED) is 0.605. The molecule has 7 heteroatoms. The van der Waals surface area contributed by atoms with Gasteiger partial charge >= 0.3 is 5.97 Å². The van der Waals surface area contributed by atoms with Crippen molar-refractivity contribution in [3.63, 3.8) is 0 Å². The van der Waals surface area contributed by atoms with Gasteiger partial charge in [0, 0.05) is 11.8 Å². The van der Waals surface area contributed by atoms with E-state index in [0.29, 0.717) is 26.9 Å². The van der Waals surface area contributed by atoms with Crippen molar-refractivity contribution in [2.24, 2.45) is 0 Å². The van der Waals surface area contributed by atoms with Gasteiger partial charge in [0.2, 0.25) is 0 Å². The third-order valence-electron chi connectivity index (χ3n) is 3.30. The second-order valence-corrected chi connectivity index (χ2v) is 6.08. The molecule has 2 rings (SSSR count). The molecule has 0 bridgehead atoms. The minimum atomic E-state index is -0.989. The molecule has 0 saturated heterocycles. The predicted molar refractivity (Wildman–Crippen MR) is 101 cm³/mol. The third kappa shape index (κ3) is 5.62. The summed E-state index contributed by atoms with van der Waals surface area (Å²) >= 11 is 11.7. The van der Waals surface area contributed by atoms with E-state index in [1.165, 1.54) is 19.1 Å². The van der Waals surface area contributed by atoms with Crippen LogP contribution in [0.5, 0.6) is 0 Å². The van der Waals surface area contributed by atoms with E-state index in [4.69, 9.17) is 33.2 Å². The fraction of sp³-hybridized carbons (Fsp3) is 0.105. The minimum absolute atomic E-state index is 0.373. The van der Waals surface area contributed by atoms with Gasteiger partial charge in [-0.3, -0.25) is 4.79 Å². The van der Waals surface area contributed by atoms with Gasteiger partial charge in [0.05, 0.1) is 21.7 Å². The minimum Gasteiger partial charge on any atom is -0.449 e. The zero-order valence-corrected chi connectivity index (χ0v) is 15.2. The van der Waals surface area contributed by atoms with Crippen LogP contribution in [0.4, 0.5) is 5.69 Å². The number of ether oxygens (including phenoxy) is 1. The van der Waals surface area contributed by atoms with Gasteiger partial charge in [0.1, 0.15) is 0 Å². The molecule has 5 nitrogen and oxygen atoms in total. The number of benzene rings is 2. The standard InChI is InChI=1S/C19H14Cl2N2O3/c1-12(19(25)23-15-6-2-14(11-22)3-7-15)26-18(24)9-5-13-4-8-16(20)17(21)10-13/h2-10,12H,1H3,(H,23,25)/b9-5+/t12-/m1/s1. The number of esters is 1. The van der Waals surface area contributed by atoms with Crippen molar-refractivity contribution >= 4 is 46.8 Å². The molecule has 1 N–H and O–H groups in total. The van der Waals surface area contributed by atoms with Gasteiger partial charge in [-0.1, -0.05) is 29.3 Å². The molecule has 0 aromatic heterocycles. The Morgan fingerprint density at radius 2 is 1.85 bits per heavy atom. The summed E-state index contributed by atoms with van der Waals surface area (Å²) in [6, 6.07) is 13.2. The Hall–Kier alpha value is -2.81. The first-order chi connectivity index (χ1) is 12.4. The van der Waals surface area contributed by atoms with Crippen molar-refractivity contribution in [3.8, 4) is 6.07 Å². The van der Waals surface area contributed by atoms with E-state index in [9.17, 15) is 9.59 Å². The fourth-order valence-corrected chi connectivity index (χ4v) is 2.23. The van der Waals surface area contributed by atoms with Crippen LogP contribution in [-0.2, 0) is 14.3 Å². The lowest BCUT2D eigenvalue weighted by molar-refractivity contribution is -0.148. The molecule has 0 aliphatic rings. The highest BCUT2D eigenvalue weighted by atomic mass is 35.5. The first-order valence-electron chi connectivity index (χ1n) is 7.54. The molecule has 0 unspecified atom stereocenters. The number of amides is 1. The van der Waals surface area contributed by atoms with Gasteiger partial charge in [-0.15, -0.1) is 0 Å². The van der Waals surface area contributed by atoms with Crippen molar-refractivity contribution in [1.82, 2.24) is 0 Å². The Labute approximate surface area is 160 Å². The van der Waals surface area contributed by atoms with Crippen LogP contribution >= 0.6 is 23.2 Å². The summed E-state index contributed by atoms with van der Waals surface area (Å²) in [7, 11) is 0. The average molecular weight is 389 g/mol. The van der Waals surface area contributed by atoms with Gasteiger partial charge < -0.3 is 10.1 Å². The second kappa shape index (κ2) is 9.04. The van der Waals surface area contributed by atoms with Gasteiger partial charge in [-0.25, -0.2) is 4.79 Å². The highest BCUT2D eigenvalue weighted by molar-refractivity contribution is 6.42.